The van der Waals surface area contributed by atoms with Gasteiger partial charge in [-0.05, 0) is 48.8 Å². The molecule has 0 bridgehead atoms. The zero-order chi connectivity index (χ0) is 24.0. The number of amides is 2. The predicted octanol–water partition coefficient (Wildman–Crippen LogP) is 5.16. The van der Waals surface area contributed by atoms with Gasteiger partial charge in [0.25, 0.3) is 11.8 Å². The average Bonchev–Trinajstić information content (AvgIpc) is 3.48. The molecule has 0 aromatic carbocycles. The fraction of sp³-hybridized carbons (Fsp3) is 0.273. The fourth-order valence-electron chi connectivity index (χ4n) is 4.10. The molecule has 0 atom stereocenters. The van der Waals surface area contributed by atoms with E-state index in [0.29, 0.717) is 20.8 Å². The van der Waals surface area contributed by atoms with Crippen LogP contribution in [0.1, 0.15) is 56.2 Å². The number of hydrogen-bond donors (Lipinski definition) is 2. The van der Waals surface area contributed by atoms with E-state index >= 15 is 0 Å². The predicted molar refractivity (Wildman–Crippen MR) is 123 cm³/mol. The van der Waals surface area contributed by atoms with E-state index in [-0.39, 0.29) is 22.6 Å². The van der Waals surface area contributed by atoms with Crippen LogP contribution in [0.5, 0.6) is 0 Å². The molecule has 12 heteroatoms. The van der Waals surface area contributed by atoms with Crippen molar-refractivity contribution in [1.82, 2.24) is 14.6 Å². The monoisotopic (exact) mass is 505 g/mol. The van der Waals surface area contributed by atoms with Crippen molar-refractivity contribution in [3.63, 3.8) is 0 Å². The van der Waals surface area contributed by atoms with E-state index in [1.807, 2.05) is 0 Å². The van der Waals surface area contributed by atoms with Crippen LogP contribution in [0, 0.1) is 0 Å². The van der Waals surface area contributed by atoms with Crippen LogP contribution in [0.4, 0.5) is 18.2 Å². The summed E-state index contributed by atoms with van der Waals surface area (Å²) in [5.41, 5.74) is 5.46. The molecule has 1 aliphatic rings. The number of carbonyl (C=O) groups excluding carboxylic acids is 2. The molecule has 0 spiro atoms. The zero-order valence-corrected chi connectivity index (χ0v) is 19.2. The first-order valence-electron chi connectivity index (χ1n) is 10.5. The number of alkyl halides is 3. The van der Waals surface area contributed by atoms with E-state index in [1.54, 1.807) is 17.5 Å². The molecule has 7 nitrogen and oxygen atoms in total. The van der Waals surface area contributed by atoms with Crippen LogP contribution in [-0.2, 0) is 19.0 Å². The van der Waals surface area contributed by atoms with Crippen LogP contribution in [0.3, 0.4) is 0 Å². The Hall–Kier alpha value is -3.25. The number of halogens is 3. The molecule has 2 amide bonds. The number of fused-ring (bicyclic) bond motifs is 2. The van der Waals surface area contributed by atoms with E-state index in [0.717, 1.165) is 42.2 Å². The summed E-state index contributed by atoms with van der Waals surface area (Å²) in [6, 6.07) is 5.49. The maximum atomic E-state index is 13.8. The van der Waals surface area contributed by atoms with Crippen molar-refractivity contribution in [3.05, 3.63) is 57.0 Å². The lowest BCUT2D eigenvalue weighted by atomic mass is 10.1. The molecule has 0 saturated heterocycles. The molecule has 4 heterocycles. The van der Waals surface area contributed by atoms with E-state index in [2.05, 4.69) is 15.4 Å². The van der Waals surface area contributed by atoms with Crippen molar-refractivity contribution < 1.29 is 22.8 Å². The van der Waals surface area contributed by atoms with Crippen LogP contribution in [0.2, 0.25) is 0 Å². The van der Waals surface area contributed by atoms with Crippen molar-refractivity contribution >= 4 is 45.1 Å². The van der Waals surface area contributed by atoms with E-state index in [1.165, 1.54) is 28.7 Å². The van der Waals surface area contributed by atoms with Gasteiger partial charge in [0.2, 0.25) is 0 Å². The Morgan fingerprint density at radius 3 is 2.65 bits per heavy atom. The third-order valence-corrected chi connectivity index (χ3v) is 7.72. The maximum Gasteiger partial charge on any atom is 0.433 e. The van der Waals surface area contributed by atoms with Gasteiger partial charge in [0, 0.05) is 10.9 Å². The normalized spacial score (nSPS) is 14.1. The third kappa shape index (κ3) is 4.07. The molecule has 34 heavy (non-hydrogen) atoms. The van der Waals surface area contributed by atoms with Crippen molar-refractivity contribution in [2.24, 2.45) is 5.73 Å². The van der Waals surface area contributed by atoms with Crippen LogP contribution < -0.4 is 11.1 Å². The van der Waals surface area contributed by atoms with Crippen LogP contribution in [0.15, 0.2) is 29.6 Å². The SMILES string of the molecule is NC(=O)c1c(NC(=O)c2cc3nc(-c4cccs4)cc(C(F)(F)F)n3n2)sc2c1CCCCC2. The molecule has 0 saturated carbocycles. The summed E-state index contributed by atoms with van der Waals surface area (Å²) in [5.74, 6) is -1.39. The van der Waals surface area contributed by atoms with Crippen LogP contribution >= 0.6 is 22.7 Å². The highest BCUT2D eigenvalue weighted by Crippen LogP contribution is 2.38. The average molecular weight is 506 g/mol. The number of rotatable bonds is 4. The highest BCUT2D eigenvalue weighted by atomic mass is 32.1. The van der Waals surface area contributed by atoms with E-state index in [9.17, 15) is 22.8 Å². The highest BCUT2D eigenvalue weighted by Gasteiger charge is 2.36. The Balaban J connectivity index is 1.54. The lowest BCUT2D eigenvalue weighted by Gasteiger charge is -2.10. The second-order valence-corrected chi connectivity index (χ2v) is 9.94. The number of anilines is 1. The van der Waals surface area contributed by atoms with Gasteiger partial charge < -0.3 is 11.1 Å². The number of nitrogens with zero attached hydrogens (tertiary/aromatic N) is 3. The number of primary amides is 1. The van der Waals surface area contributed by atoms with Crippen LogP contribution in [0.25, 0.3) is 16.2 Å². The van der Waals surface area contributed by atoms with Crippen molar-refractivity contribution in [2.45, 2.75) is 38.3 Å². The van der Waals surface area contributed by atoms with Crippen molar-refractivity contribution in [2.75, 3.05) is 5.32 Å². The molecular weight excluding hydrogens is 487 g/mol. The number of aryl methyl sites for hydroxylation is 1. The zero-order valence-electron chi connectivity index (χ0n) is 17.6. The molecule has 0 unspecified atom stereocenters. The van der Waals surface area contributed by atoms with Gasteiger partial charge in [-0.2, -0.15) is 18.3 Å². The topological polar surface area (TPSA) is 102 Å². The van der Waals surface area contributed by atoms with Crippen molar-refractivity contribution in [1.29, 1.82) is 0 Å². The number of aromatic nitrogens is 3. The number of thiophene rings is 2. The Bertz CT molecular complexity index is 1410. The summed E-state index contributed by atoms with van der Waals surface area (Å²) in [5, 5.41) is 8.56. The third-order valence-electron chi connectivity index (χ3n) is 5.62. The van der Waals surface area contributed by atoms with Gasteiger partial charge in [-0.1, -0.05) is 12.5 Å². The molecule has 1 aliphatic carbocycles. The summed E-state index contributed by atoms with van der Waals surface area (Å²) in [6.07, 6.45) is -0.290. The Labute approximate surface area is 199 Å². The minimum Gasteiger partial charge on any atom is -0.365 e. The highest BCUT2D eigenvalue weighted by molar-refractivity contribution is 7.17. The molecule has 0 radical (unpaired) electrons. The Morgan fingerprint density at radius 1 is 1.15 bits per heavy atom. The van der Waals surface area contributed by atoms with Gasteiger partial charge >= 0.3 is 6.18 Å². The molecule has 4 aromatic heterocycles. The summed E-state index contributed by atoms with van der Waals surface area (Å²) in [6.45, 7) is 0. The first kappa shape index (κ1) is 22.5. The summed E-state index contributed by atoms with van der Waals surface area (Å²) in [4.78, 5) is 31.0. The first-order chi connectivity index (χ1) is 16.2. The molecule has 0 fully saturated rings. The molecule has 5 rings (SSSR count). The van der Waals surface area contributed by atoms with Crippen LogP contribution in [-0.4, -0.2) is 26.4 Å². The first-order valence-corrected chi connectivity index (χ1v) is 12.2. The van der Waals surface area contributed by atoms with Gasteiger partial charge in [0.05, 0.1) is 16.1 Å². The summed E-state index contributed by atoms with van der Waals surface area (Å²) < 4.78 is 41.9. The molecule has 176 valence electrons. The number of carbonyl (C=O) groups is 2. The number of nitrogens with one attached hydrogen (secondary N) is 1. The second kappa shape index (κ2) is 8.51. The Morgan fingerprint density at radius 2 is 1.94 bits per heavy atom. The maximum absolute atomic E-state index is 13.8. The Kier molecular flexibility index (Phi) is 5.64. The largest absolute Gasteiger partial charge is 0.433 e. The minimum atomic E-state index is -4.71. The van der Waals surface area contributed by atoms with Gasteiger partial charge in [-0.25, -0.2) is 9.50 Å². The lowest BCUT2D eigenvalue weighted by Crippen LogP contribution is -2.18. The van der Waals surface area contributed by atoms with Gasteiger partial charge in [0.15, 0.2) is 17.0 Å². The number of hydrogen-bond acceptors (Lipinski definition) is 6. The standard InChI is InChI=1S/C22H18F3N5O2S2/c23-22(24,25)16-9-12(15-7-4-8-33-15)27-17-10-13(29-30(16)17)20(32)28-21-18(19(26)31)11-5-2-1-3-6-14(11)34-21/h4,7-10H,1-3,5-6H2,(H2,26,31)(H,28,32). The quantitative estimate of drug-likeness (QED) is 0.374. The fourth-order valence-corrected chi connectivity index (χ4v) is 6.07. The minimum absolute atomic E-state index is 0.111. The lowest BCUT2D eigenvalue weighted by molar-refractivity contribution is -0.142. The second-order valence-electron chi connectivity index (χ2n) is 7.89. The molecule has 0 aliphatic heterocycles. The molecule has 4 aromatic rings. The van der Waals surface area contributed by atoms with E-state index < -0.39 is 23.7 Å². The summed E-state index contributed by atoms with van der Waals surface area (Å²) in [7, 11) is 0. The summed E-state index contributed by atoms with van der Waals surface area (Å²) >= 11 is 2.54. The molecular formula is C22H18F3N5O2S2. The van der Waals surface area contributed by atoms with E-state index in [4.69, 9.17) is 5.73 Å². The van der Waals surface area contributed by atoms with Gasteiger partial charge in [0.1, 0.15) is 5.00 Å². The van der Waals surface area contributed by atoms with Crippen molar-refractivity contribution in [3.8, 4) is 10.6 Å². The molecule has 3 N–H and O–H groups in total. The van der Waals surface area contributed by atoms with Gasteiger partial charge in [-0.15, -0.1) is 22.7 Å². The van der Waals surface area contributed by atoms with Gasteiger partial charge in [-0.3, -0.25) is 9.59 Å². The smallest absolute Gasteiger partial charge is 0.365 e. The number of nitrogens with two attached hydrogens (primary N) is 1.